The van der Waals surface area contributed by atoms with Crippen molar-refractivity contribution in [2.45, 2.75) is 198 Å². The molecular weight excluding hydrogens is 865 g/mol. The van der Waals surface area contributed by atoms with Gasteiger partial charge < -0.3 is 84.6 Å². The number of aliphatic hydroxyl groups is 11. The van der Waals surface area contributed by atoms with E-state index in [-0.39, 0.29) is 46.0 Å². The Morgan fingerprint density at radius 1 is 0.667 bits per heavy atom. The van der Waals surface area contributed by atoms with Crippen molar-refractivity contribution in [3.05, 3.63) is 23.8 Å². The van der Waals surface area contributed by atoms with Gasteiger partial charge in [-0.05, 0) is 91.8 Å². The molecule has 3 saturated carbocycles. The molecule has 3 saturated heterocycles. The van der Waals surface area contributed by atoms with Crippen molar-refractivity contribution in [1.29, 1.82) is 0 Å². The molecule has 0 radical (unpaired) electrons. The fourth-order valence-electron chi connectivity index (χ4n) is 14.6. The Hall–Kier alpha value is -1.69. The lowest BCUT2D eigenvalue weighted by molar-refractivity contribution is -0.367. The van der Waals surface area contributed by atoms with Crippen molar-refractivity contribution >= 4 is 5.97 Å². The number of esters is 1. The average molecular weight is 941 g/mol. The van der Waals surface area contributed by atoms with E-state index < -0.39 is 128 Å². The molecule has 8 aliphatic rings. The summed E-state index contributed by atoms with van der Waals surface area (Å²) in [5.74, 6) is -0.689. The number of fused-ring (bicyclic) bond motifs is 7. The van der Waals surface area contributed by atoms with Crippen molar-refractivity contribution in [3.8, 4) is 0 Å². The molecule has 18 nitrogen and oxygen atoms in total. The molecule has 3 aliphatic heterocycles. The van der Waals surface area contributed by atoms with E-state index in [9.17, 15) is 61.0 Å². The van der Waals surface area contributed by atoms with Crippen LogP contribution in [0.2, 0.25) is 0 Å². The molecule has 24 atom stereocenters. The fourth-order valence-corrected chi connectivity index (χ4v) is 14.6. The fraction of sp³-hybridized carbons (Fsp3) is 0.896. The van der Waals surface area contributed by atoms with Crippen LogP contribution in [0.1, 0.15) is 99.8 Å². The predicted octanol–water partition coefficient (Wildman–Crippen LogP) is -0.0835. The van der Waals surface area contributed by atoms with E-state index in [0.717, 1.165) is 25.7 Å². The maximum atomic E-state index is 14.6. The van der Waals surface area contributed by atoms with Crippen LogP contribution >= 0.6 is 0 Å². The van der Waals surface area contributed by atoms with Gasteiger partial charge in [0.05, 0.1) is 37.4 Å². The van der Waals surface area contributed by atoms with Crippen molar-refractivity contribution in [1.82, 2.24) is 0 Å². The smallest absolute Gasteiger partial charge is 0.318 e. The lowest BCUT2D eigenvalue weighted by atomic mass is 9.34. The number of hydrogen-bond donors (Lipinski definition) is 11. The van der Waals surface area contributed by atoms with Crippen LogP contribution in [0.3, 0.4) is 0 Å². The SMILES string of the molecule is CC1OC(OC2CCC3(C)C(CCC4(C)C3CC=C3C5CC(C)(C)C=CC5(C(=O)OC5OC(CO)C(O)C(O)C5O)CCC34C)C2(C)CO)C(O)C(OC2OC(CO)C(O)C(O)C2O)C1O. The molecule has 8 rings (SSSR count). The van der Waals surface area contributed by atoms with Crippen molar-refractivity contribution in [2.75, 3.05) is 19.8 Å². The Morgan fingerprint density at radius 2 is 1.27 bits per heavy atom. The van der Waals surface area contributed by atoms with Crippen LogP contribution < -0.4 is 0 Å². The first-order valence-corrected chi connectivity index (χ1v) is 24.0. The molecule has 376 valence electrons. The van der Waals surface area contributed by atoms with E-state index in [2.05, 4.69) is 46.8 Å². The van der Waals surface area contributed by atoms with E-state index in [1.165, 1.54) is 5.57 Å². The molecule has 18 heteroatoms. The number of ether oxygens (including phenoxy) is 6. The number of carbonyl (C=O) groups is 1. The van der Waals surface area contributed by atoms with Crippen LogP contribution in [0.25, 0.3) is 0 Å². The minimum Gasteiger partial charge on any atom is -0.432 e. The van der Waals surface area contributed by atoms with Gasteiger partial charge in [0.25, 0.3) is 0 Å². The molecule has 0 aromatic heterocycles. The van der Waals surface area contributed by atoms with Crippen LogP contribution in [-0.2, 0) is 33.2 Å². The zero-order chi connectivity index (χ0) is 48.3. The number of rotatable bonds is 9. The second-order valence-electron chi connectivity index (χ2n) is 22.8. The summed E-state index contributed by atoms with van der Waals surface area (Å²) in [5.41, 5.74) is -1.78. The number of allylic oxidation sites excluding steroid dienone is 3. The second-order valence-corrected chi connectivity index (χ2v) is 22.8. The Bertz CT molecular complexity index is 1840. The topological polar surface area (TPSA) is 295 Å². The predicted molar refractivity (Wildman–Crippen MR) is 230 cm³/mol. The van der Waals surface area contributed by atoms with Gasteiger partial charge in [-0.2, -0.15) is 0 Å². The number of aliphatic hydroxyl groups excluding tert-OH is 11. The van der Waals surface area contributed by atoms with Gasteiger partial charge in [0.1, 0.15) is 67.1 Å². The molecular formula is C48H76O18. The number of hydrogen-bond acceptors (Lipinski definition) is 18. The van der Waals surface area contributed by atoms with Crippen LogP contribution in [0.15, 0.2) is 23.8 Å². The Morgan fingerprint density at radius 3 is 1.89 bits per heavy atom. The third kappa shape index (κ3) is 7.71. The Labute approximate surface area is 386 Å². The van der Waals surface area contributed by atoms with Gasteiger partial charge in [-0.25, -0.2) is 0 Å². The summed E-state index contributed by atoms with van der Waals surface area (Å²) < 4.78 is 35.7. The summed E-state index contributed by atoms with van der Waals surface area (Å²) in [5, 5.41) is 117. The standard InChI is InChI=1S/C48H76O18/c1-22-30(52)38(65-39-35(57)33(55)31(53)25(19-49)62-39)37(59)41(61-22)64-29-11-12-44(4)27(45(29,5)21-51)10-13-47(7)28(44)9-8-23-24-18-43(2,3)14-16-48(24,17-15-46(23,47)6)42(60)66-40-36(58)34(56)32(54)26(20-50)63-40/h8,14,16,22,24-41,49-59H,9-13,15,17-21H2,1-7H3. The summed E-state index contributed by atoms with van der Waals surface area (Å²) >= 11 is 0. The van der Waals surface area contributed by atoms with Crippen molar-refractivity contribution < 1.29 is 89.4 Å². The normalized spacial score (nSPS) is 54.5. The third-order valence-corrected chi connectivity index (χ3v) is 18.9. The third-order valence-electron chi connectivity index (χ3n) is 18.9. The molecule has 6 fully saturated rings. The van der Waals surface area contributed by atoms with Gasteiger partial charge in [-0.1, -0.05) is 65.3 Å². The molecule has 3 heterocycles. The quantitative estimate of drug-likeness (QED) is 0.0819. The lowest BCUT2D eigenvalue weighted by Gasteiger charge is -2.71. The lowest BCUT2D eigenvalue weighted by Crippen LogP contribution is -2.67. The molecule has 11 N–H and O–H groups in total. The summed E-state index contributed by atoms with van der Waals surface area (Å²) in [6.07, 6.45) is -11.4. The zero-order valence-corrected chi connectivity index (χ0v) is 39.3. The molecule has 24 unspecified atom stereocenters. The molecule has 0 aromatic carbocycles. The maximum Gasteiger partial charge on any atom is 0.318 e. The monoisotopic (exact) mass is 941 g/mol. The van der Waals surface area contributed by atoms with Gasteiger partial charge in [-0.15, -0.1) is 0 Å². The highest BCUT2D eigenvalue weighted by Crippen LogP contribution is 2.75. The first-order chi connectivity index (χ1) is 30.9. The molecule has 0 amide bonds. The average Bonchev–Trinajstić information content (AvgIpc) is 3.27. The van der Waals surface area contributed by atoms with E-state index in [1.54, 1.807) is 6.92 Å². The highest BCUT2D eigenvalue weighted by molar-refractivity contribution is 5.81. The van der Waals surface area contributed by atoms with Crippen molar-refractivity contribution in [3.63, 3.8) is 0 Å². The molecule has 0 bridgehead atoms. The van der Waals surface area contributed by atoms with Crippen LogP contribution in [-0.4, -0.2) is 180 Å². The van der Waals surface area contributed by atoms with Crippen molar-refractivity contribution in [2.24, 2.45) is 50.2 Å². The van der Waals surface area contributed by atoms with E-state index in [1.807, 2.05) is 13.0 Å². The summed E-state index contributed by atoms with van der Waals surface area (Å²) in [4.78, 5) is 14.6. The minimum atomic E-state index is -1.76. The highest BCUT2D eigenvalue weighted by Gasteiger charge is 2.70. The molecule has 66 heavy (non-hydrogen) atoms. The van der Waals surface area contributed by atoms with Gasteiger partial charge in [0.2, 0.25) is 6.29 Å². The van der Waals surface area contributed by atoms with Crippen LogP contribution in [0.4, 0.5) is 0 Å². The second kappa shape index (κ2) is 17.9. The Balaban J connectivity index is 1.03. The highest BCUT2D eigenvalue weighted by atomic mass is 16.7. The van der Waals surface area contributed by atoms with Gasteiger partial charge >= 0.3 is 5.97 Å². The minimum absolute atomic E-state index is 0.0250. The van der Waals surface area contributed by atoms with Crippen LogP contribution in [0, 0.1) is 50.2 Å². The molecule has 0 aromatic rings. The summed E-state index contributed by atoms with van der Waals surface area (Å²) in [7, 11) is 0. The zero-order valence-electron chi connectivity index (χ0n) is 39.3. The van der Waals surface area contributed by atoms with Crippen LogP contribution in [0.5, 0.6) is 0 Å². The van der Waals surface area contributed by atoms with Gasteiger partial charge in [0.15, 0.2) is 12.6 Å². The molecule has 5 aliphatic carbocycles. The Kier molecular flexibility index (Phi) is 13.7. The van der Waals surface area contributed by atoms with E-state index in [0.29, 0.717) is 25.7 Å². The van der Waals surface area contributed by atoms with E-state index in [4.69, 9.17) is 28.4 Å². The first-order valence-electron chi connectivity index (χ1n) is 24.0. The molecule has 0 spiro atoms. The largest absolute Gasteiger partial charge is 0.432 e. The first kappa shape index (κ1) is 50.7. The van der Waals surface area contributed by atoms with Gasteiger partial charge in [-0.3, -0.25) is 4.79 Å². The maximum absolute atomic E-state index is 14.6. The summed E-state index contributed by atoms with van der Waals surface area (Å²) in [6.45, 7) is 13.4. The number of carbonyl (C=O) groups excluding carboxylic acids is 1. The summed E-state index contributed by atoms with van der Waals surface area (Å²) in [6, 6.07) is 0. The van der Waals surface area contributed by atoms with Gasteiger partial charge in [0, 0.05) is 11.3 Å². The van der Waals surface area contributed by atoms with E-state index >= 15 is 0 Å².